The van der Waals surface area contributed by atoms with Gasteiger partial charge in [-0.1, -0.05) is 399 Å². The first kappa shape index (κ1) is 76.2. The largest absolute Gasteiger partial charge is 0.456 e. The maximum Gasteiger partial charge on any atom is 0.144 e. The number of benzene rings is 14. The normalized spacial score (nSPS) is 14.5. The summed E-state index contributed by atoms with van der Waals surface area (Å²) in [6, 6.07) is 119. The molecule has 4 aliphatic carbocycles. The fourth-order valence-corrected chi connectivity index (χ4v) is 23.3. The minimum Gasteiger partial charge on any atom is -0.456 e. The van der Waals surface area contributed by atoms with Crippen LogP contribution in [0.15, 0.2) is 318 Å². The highest BCUT2D eigenvalue weighted by atomic mass is 16.3. The van der Waals surface area contributed by atoms with Gasteiger partial charge in [0.05, 0.1) is 10.8 Å². The van der Waals surface area contributed by atoms with Crippen molar-refractivity contribution in [3.8, 4) is 55.6 Å². The Kier molecular flexibility index (Phi) is 20.7. The van der Waals surface area contributed by atoms with E-state index in [1.165, 1.54) is 238 Å². The van der Waals surface area contributed by atoms with Gasteiger partial charge in [0.25, 0.3) is 0 Å². The summed E-state index contributed by atoms with van der Waals surface area (Å²) in [6.07, 6.45) is 29.2. The molecule has 592 valence electrons. The fourth-order valence-electron chi connectivity index (χ4n) is 23.3. The van der Waals surface area contributed by atoms with Crippen molar-refractivity contribution in [1.29, 1.82) is 0 Å². The first-order valence-electron chi connectivity index (χ1n) is 45.6. The summed E-state index contributed by atoms with van der Waals surface area (Å²) in [4.78, 5) is 2.66. The minimum absolute atomic E-state index is 0.186. The summed E-state index contributed by atoms with van der Waals surface area (Å²) in [5.41, 5.74) is 34.6. The maximum atomic E-state index is 7.76. The molecule has 119 heavy (non-hydrogen) atoms. The van der Waals surface area contributed by atoms with E-state index in [2.05, 4.69) is 342 Å². The molecule has 16 aromatic rings. The van der Waals surface area contributed by atoms with Crippen molar-refractivity contribution < 1.29 is 8.83 Å². The Hall–Kier alpha value is -11.5. The van der Waals surface area contributed by atoms with Crippen molar-refractivity contribution in [2.24, 2.45) is 0 Å². The van der Waals surface area contributed by atoms with Gasteiger partial charge in [0.1, 0.15) is 22.3 Å². The second-order valence-corrected chi connectivity index (χ2v) is 35.2. The molecule has 20 rings (SSSR count). The van der Waals surface area contributed by atoms with E-state index in [0.717, 1.165) is 83.0 Å². The van der Waals surface area contributed by atoms with Crippen LogP contribution in [0.1, 0.15) is 249 Å². The van der Waals surface area contributed by atoms with E-state index in [4.69, 9.17) is 8.83 Å². The van der Waals surface area contributed by atoms with Crippen LogP contribution in [0, 0.1) is 0 Å². The van der Waals surface area contributed by atoms with Gasteiger partial charge in [-0.2, -0.15) is 0 Å². The number of rotatable bonds is 32. The molecule has 0 aliphatic heterocycles. The van der Waals surface area contributed by atoms with Gasteiger partial charge in [-0.15, -0.1) is 0 Å². The summed E-state index contributed by atoms with van der Waals surface area (Å²) in [5, 5.41) is 4.85. The summed E-state index contributed by atoms with van der Waals surface area (Å²) < 4.78 is 14.7. The van der Waals surface area contributed by atoms with Crippen LogP contribution < -0.4 is 4.90 Å². The van der Waals surface area contributed by atoms with Crippen LogP contribution in [0.4, 0.5) is 17.1 Å². The number of hydrogen-bond acceptors (Lipinski definition) is 3. The first-order chi connectivity index (χ1) is 58.9. The third-order valence-corrected chi connectivity index (χ3v) is 28.6. The maximum absolute atomic E-state index is 7.76. The number of para-hydroxylation sites is 2. The summed E-state index contributed by atoms with van der Waals surface area (Å²) in [7, 11) is 0. The molecule has 4 aliphatic rings. The predicted octanol–water partition coefficient (Wildman–Crippen LogP) is 33.3. The Morgan fingerprint density at radius 2 is 0.639 bits per heavy atom. The Labute approximate surface area is 705 Å². The first-order valence-corrected chi connectivity index (χ1v) is 45.6. The zero-order chi connectivity index (χ0) is 80.1. The number of fused-ring (bicyclic) bond motifs is 22. The molecule has 14 aromatic carbocycles. The average molecular weight is 1550 g/mol. The fraction of sp³-hybridized carbons (Fsp3) is 0.276. The van der Waals surface area contributed by atoms with Crippen LogP contribution in [-0.2, 0) is 21.7 Å². The standard InChI is InChI=1S/C116H111NO2/c1-5-9-13-17-42-72-113(73-43-18-14-10-6-2)96-59-39-36-56-90(96)107-108-93-58-38-41-61-103(93)119-112(108)109-91-69-67-87(76-98(91)114(111(109)110(107)113,74-44-19-15-11-7-3)75-45-20-16-12-8-4)117(86-64-62-81(63-65-86)80-46-26-21-27-47-80)88-66-68-89-94-78-101-95(79-100(94)116(99(89)77-88,84-52-32-24-33-53-84)85-54-34-25-35-55-85)105-97(70-71-104-106(105)92-57-37-40-60-102(92)118-104)115(101,82-48-28-22-29-49-82)83-50-30-23-31-51-83/h21-41,46-71,76-79H,5-20,42-45,72-75H2,1-4H3. The van der Waals surface area contributed by atoms with Gasteiger partial charge in [-0.05, 0) is 209 Å². The molecule has 0 radical (unpaired) electrons. The van der Waals surface area contributed by atoms with E-state index in [0.29, 0.717) is 0 Å². The number of furan rings is 2. The zero-order valence-electron chi connectivity index (χ0n) is 70.2. The lowest BCUT2D eigenvalue weighted by atomic mass is 9.62. The van der Waals surface area contributed by atoms with Crippen molar-refractivity contribution in [3.63, 3.8) is 0 Å². The lowest BCUT2D eigenvalue weighted by Gasteiger charge is -2.40. The van der Waals surface area contributed by atoms with Gasteiger partial charge in [0, 0.05) is 55.0 Å². The summed E-state index contributed by atoms with van der Waals surface area (Å²) in [6.45, 7) is 9.50. The highest BCUT2D eigenvalue weighted by Gasteiger charge is 2.56. The van der Waals surface area contributed by atoms with E-state index < -0.39 is 10.8 Å². The van der Waals surface area contributed by atoms with Gasteiger partial charge < -0.3 is 13.7 Å². The van der Waals surface area contributed by atoms with Crippen molar-refractivity contribution in [3.05, 3.63) is 376 Å². The van der Waals surface area contributed by atoms with Crippen LogP contribution in [0.25, 0.3) is 99.5 Å². The predicted molar refractivity (Wildman–Crippen MR) is 502 cm³/mol. The molecule has 0 fully saturated rings. The number of unbranched alkanes of at least 4 members (excludes halogenated alkanes) is 16. The van der Waals surface area contributed by atoms with E-state index in [-0.39, 0.29) is 10.8 Å². The van der Waals surface area contributed by atoms with Crippen molar-refractivity contribution in [2.75, 3.05) is 4.90 Å². The van der Waals surface area contributed by atoms with Gasteiger partial charge in [0.2, 0.25) is 0 Å². The molecule has 3 nitrogen and oxygen atoms in total. The zero-order valence-corrected chi connectivity index (χ0v) is 70.2. The number of anilines is 3. The van der Waals surface area contributed by atoms with Crippen LogP contribution in [0.5, 0.6) is 0 Å². The molecule has 0 unspecified atom stereocenters. The molecule has 0 saturated heterocycles. The van der Waals surface area contributed by atoms with Gasteiger partial charge in [-0.3, -0.25) is 0 Å². The molecule has 2 aromatic heterocycles. The van der Waals surface area contributed by atoms with Gasteiger partial charge >= 0.3 is 0 Å². The molecular formula is C116H111NO2. The summed E-state index contributed by atoms with van der Waals surface area (Å²) in [5.74, 6) is 0. The molecule has 3 heteroatoms. The second kappa shape index (κ2) is 32.3. The molecule has 0 saturated carbocycles. The Morgan fingerprint density at radius 1 is 0.244 bits per heavy atom. The molecule has 0 spiro atoms. The molecular weight excluding hydrogens is 1440 g/mol. The van der Waals surface area contributed by atoms with E-state index in [9.17, 15) is 0 Å². The Balaban J connectivity index is 0.863. The van der Waals surface area contributed by atoms with E-state index in [1.807, 2.05) is 0 Å². The van der Waals surface area contributed by atoms with Crippen LogP contribution in [0.2, 0.25) is 0 Å². The van der Waals surface area contributed by atoms with E-state index in [1.54, 1.807) is 16.7 Å². The lowest BCUT2D eigenvalue weighted by molar-refractivity contribution is 0.369. The van der Waals surface area contributed by atoms with Crippen molar-refractivity contribution in [1.82, 2.24) is 0 Å². The van der Waals surface area contributed by atoms with Crippen LogP contribution in [-0.4, -0.2) is 0 Å². The number of nitrogens with zero attached hydrogens (tertiary/aromatic N) is 1. The highest BCUT2D eigenvalue weighted by Crippen LogP contribution is 2.69. The van der Waals surface area contributed by atoms with Crippen LogP contribution in [0.3, 0.4) is 0 Å². The molecule has 0 N–H and O–H groups in total. The average Bonchev–Trinajstić information content (AvgIpc) is 1.53. The third kappa shape index (κ3) is 12.4. The molecule has 0 atom stereocenters. The topological polar surface area (TPSA) is 29.5 Å². The SMILES string of the molecule is CCCCCCCC1(CCCCCCC)c2cc(N(c3ccc(-c4ccccc4)cc3)c3ccc4c(c3)C(c3ccccc3)(c3ccccc3)c3cc5c(cc3-4)C(c3ccccc3)(c3ccccc3)c3ccc4oc6ccccc6c4c3-5)ccc2-c2c1c1c(c3c2oc2ccccc23)-c2ccccc2C1(CCCCCCC)CCCCCCC. The highest BCUT2D eigenvalue weighted by molar-refractivity contribution is 6.21. The molecule has 0 amide bonds. The minimum atomic E-state index is -0.795. The second-order valence-electron chi connectivity index (χ2n) is 35.2. The van der Waals surface area contributed by atoms with Crippen molar-refractivity contribution >= 4 is 60.9 Å². The lowest BCUT2D eigenvalue weighted by Crippen LogP contribution is -2.33. The van der Waals surface area contributed by atoms with E-state index >= 15 is 0 Å². The summed E-state index contributed by atoms with van der Waals surface area (Å²) >= 11 is 0. The Bertz CT molecular complexity index is 6250. The monoisotopic (exact) mass is 1550 g/mol. The number of hydrogen-bond donors (Lipinski definition) is 0. The molecule has 0 bridgehead atoms. The molecule has 2 heterocycles. The van der Waals surface area contributed by atoms with Crippen molar-refractivity contribution in [2.45, 2.75) is 203 Å². The van der Waals surface area contributed by atoms with Gasteiger partial charge in [0.15, 0.2) is 0 Å². The smallest absolute Gasteiger partial charge is 0.144 e. The van der Waals surface area contributed by atoms with Crippen LogP contribution >= 0.6 is 0 Å². The Morgan fingerprint density at radius 3 is 1.18 bits per heavy atom. The quantitative estimate of drug-likeness (QED) is 0.0394. The van der Waals surface area contributed by atoms with Gasteiger partial charge in [-0.25, -0.2) is 0 Å². The third-order valence-electron chi connectivity index (χ3n) is 28.6.